The largest absolute Gasteiger partial charge is 0.364 e. The van der Waals surface area contributed by atoms with Gasteiger partial charge in [0.25, 0.3) is 5.91 Å². The summed E-state index contributed by atoms with van der Waals surface area (Å²) in [4.78, 5) is 35.9. The predicted octanol–water partition coefficient (Wildman–Crippen LogP) is 0.587. The molecule has 2 amide bonds. The van der Waals surface area contributed by atoms with Crippen LogP contribution in [-0.2, 0) is 11.3 Å². The van der Waals surface area contributed by atoms with Crippen LogP contribution in [0.4, 0.5) is 0 Å². The van der Waals surface area contributed by atoms with Crippen LogP contribution in [0.3, 0.4) is 0 Å². The molecule has 142 valence electrons. The zero-order valence-corrected chi connectivity index (χ0v) is 16.1. The molecule has 2 rings (SSSR count). The van der Waals surface area contributed by atoms with Gasteiger partial charge >= 0.3 is 0 Å². The van der Waals surface area contributed by atoms with E-state index in [4.69, 9.17) is 5.73 Å². The fourth-order valence-electron chi connectivity index (χ4n) is 3.50. The highest BCUT2D eigenvalue weighted by Gasteiger charge is 2.40. The van der Waals surface area contributed by atoms with Gasteiger partial charge in [-0.25, -0.2) is 0 Å². The number of nitrogens with zero attached hydrogens (tertiary/aromatic N) is 4. The molecule has 1 saturated heterocycles. The highest BCUT2D eigenvalue weighted by Crippen LogP contribution is 2.24. The summed E-state index contributed by atoms with van der Waals surface area (Å²) in [7, 11) is 1.70. The molecule has 3 N–H and O–H groups in total. The first-order chi connectivity index (χ1) is 12.2. The number of hydrogen-bond acceptors (Lipinski definition) is 4. The summed E-state index contributed by atoms with van der Waals surface area (Å²) >= 11 is 0. The van der Waals surface area contributed by atoms with Gasteiger partial charge in [0, 0.05) is 32.4 Å². The predicted molar refractivity (Wildman–Crippen MR) is 101 cm³/mol. The number of rotatable bonds is 4. The maximum absolute atomic E-state index is 12.6. The summed E-state index contributed by atoms with van der Waals surface area (Å²) < 4.78 is 0. The van der Waals surface area contributed by atoms with Crippen LogP contribution in [0.1, 0.15) is 43.7 Å². The van der Waals surface area contributed by atoms with E-state index in [1.165, 1.54) is 0 Å². The van der Waals surface area contributed by atoms with Crippen LogP contribution in [0, 0.1) is 0 Å². The summed E-state index contributed by atoms with van der Waals surface area (Å²) in [5, 5.41) is 3.26. The maximum atomic E-state index is 12.6. The lowest BCUT2D eigenvalue weighted by atomic mass is 9.96. The van der Waals surface area contributed by atoms with Gasteiger partial charge in [0.2, 0.25) is 5.91 Å². The number of piperazine rings is 1. The number of carbonyl (C=O) groups is 2. The van der Waals surface area contributed by atoms with Crippen molar-refractivity contribution in [2.75, 3.05) is 20.1 Å². The molecule has 1 aromatic rings. The van der Waals surface area contributed by atoms with E-state index >= 15 is 0 Å². The minimum Gasteiger partial charge on any atom is -0.364 e. The van der Waals surface area contributed by atoms with Gasteiger partial charge in [0.05, 0.1) is 12.1 Å². The van der Waals surface area contributed by atoms with Gasteiger partial charge in [-0.3, -0.25) is 19.6 Å². The average Bonchev–Trinajstić information content (AvgIpc) is 2.53. The minimum atomic E-state index is -0.552. The van der Waals surface area contributed by atoms with E-state index in [1.807, 2.05) is 23.6 Å². The van der Waals surface area contributed by atoms with Crippen molar-refractivity contribution in [3.05, 3.63) is 29.6 Å². The zero-order valence-electron chi connectivity index (χ0n) is 16.1. The molecule has 1 aliphatic heterocycles. The van der Waals surface area contributed by atoms with Crippen molar-refractivity contribution in [2.24, 2.45) is 10.7 Å². The van der Waals surface area contributed by atoms with E-state index in [2.05, 4.69) is 29.1 Å². The van der Waals surface area contributed by atoms with Gasteiger partial charge in [0.15, 0.2) is 5.96 Å². The van der Waals surface area contributed by atoms with E-state index in [9.17, 15) is 9.59 Å². The van der Waals surface area contributed by atoms with Crippen molar-refractivity contribution in [1.29, 1.82) is 0 Å². The van der Waals surface area contributed by atoms with Crippen molar-refractivity contribution in [1.82, 2.24) is 20.1 Å². The van der Waals surface area contributed by atoms with Crippen molar-refractivity contribution < 1.29 is 9.59 Å². The second-order valence-electron chi connectivity index (χ2n) is 7.34. The maximum Gasteiger partial charge on any atom is 0.267 e. The Morgan fingerprint density at radius 3 is 2.58 bits per heavy atom. The Kier molecular flexibility index (Phi) is 5.84. The molecule has 1 aromatic heterocycles. The second kappa shape index (κ2) is 7.72. The molecule has 2 heterocycles. The van der Waals surface area contributed by atoms with Crippen LogP contribution in [0.2, 0.25) is 0 Å². The van der Waals surface area contributed by atoms with Crippen LogP contribution in [-0.4, -0.2) is 64.3 Å². The Labute approximate surface area is 154 Å². The first-order valence-electron chi connectivity index (χ1n) is 8.68. The van der Waals surface area contributed by atoms with Crippen LogP contribution in [0.5, 0.6) is 0 Å². The molecule has 0 bridgehead atoms. The highest BCUT2D eigenvalue weighted by molar-refractivity contribution is 5.90. The number of aromatic nitrogens is 1. The molecule has 1 fully saturated rings. The van der Waals surface area contributed by atoms with Crippen LogP contribution in [0.15, 0.2) is 23.3 Å². The SMILES string of the molecule is CN=C(NCc1ccc(C(N)=O)nc1)N1CC(=O)N(C(C)C)C(C)(C)C1. The molecule has 1 aliphatic rings. The average molecular weight is 360 g/mol. The van der Waals surface area contributed by atoms with Gasteiger partial charge in [-0.1, -0.05) is 6.07 Å². The first kappa shape index (κ1) is 19.7. The fraction of sp³-hybridized carbons (Fsp3) is 0.556. The molecular formula is C18H28N6O2. The number of aliphatic imine (C=N–C) groups is 1. The fourth-order valence-corrected chi connectivity index (χ4v) is 3.50. The molecule has 8 heteroatoms. The minimum absolute atomic E-state index is 0.0895. The normalized spacial score (nSPS) is 17.6. The highest BCUT2D eigenvalue weighted by atomic mass is 16.2. The number of nitrogens with one attached hydrogen (secondary N) is 1. The molecule has 0 aliphatic carbocycles. The third-order valence-electron chi connectivity index (χ3n) is 4.38. The Morgan fingerprint density at radius 1 is 1.42 bits per heavy atom. The smallest absolute Gasteiger partial charge is 0.267 e. The van der Waals surface area contributed by atoms with Gasteiger partial charge in [-0.05, 0) is 39.3 Å². The third kappa shape index (κ3) is 4.30. The van der Waals surface area contributed by atoms with E-state index in [0.717, 1.165) is 5.56 Å². The zero-order chi connectivity index (χ0) is 19.5. The Balaban J connectivity index is 2.05. The number of pyridine rings is 1. The molecule has 0 unspecified atom stereocenters. The van der Waals surface area contributed by atoms with Crippen molar-refractivity contribution in [2.45, 2.75) is 45.8 Å². The number of carbonyl (C=O) groups excluding carboxylic acids is 2. The van der Waals surface area contributed by atoms with Crippen molar-refractivity contribution in [3.8, 4) is 0 Å². The lowest BCUT2D eigenvalue weighted by molar-refractivity contribution is -0.145. The van der Waals surface area contributed by atoms with Crippen molar-refractivity contribution >= 4 is 17.8 Å². The summed E-state index contributed by atoms with van der Waals surface area (Å²) in [6.45, 7) is 9.66. The van der Waals surface area contributed by atoms with E-state index < -0.39 is 5.91 Å². The van der Waals surface area contributed by atoms with E-state index in [0.29, 0.717) is 25.6 Å². The van der Waals surface area contributed by atoms with E-state index in [1.54, 1.807) is 25.4 Å². The second-order valence-corrected chi connectivity index (χ2v) is 7.34. The van der Waals surface area contributed by atoms with Crippen molar-refractivity contribution in [3.63, 3.8) is 0 Å². The van der Waals surface area contributed by atoms with Crippen LogP contribution in [0.25, 0.3) is 0 Å². The summed E-state index contributed by atoms with van der Waals surface area (Å²) in [6.07, 6.45) is 1.60. The van der Waals surface area contributed by atoms with Gasteiger partial charge in [-0.15, -0.1) is 0 Å². The van der Waals surface area contributed by atoms with Crippen LogP contribution < -0.4 is 11.1 Å². The molecule has 0 saturated carbocycles. The Hall–Kier alpha value is -2.64. The quantitative estimate of drug-likeness (QED) is 0.604. The lowest BCUT2D eigenvalue weighted by Gasteiger charge is -2.49. The van der Waals surface area contributed by atoms with Gasteiger partial charge < -0.3 is 20.9 Å². The molecule has 26 heavy (non-hydrogen) atoms. The summed E-state index contributed by atoms with van der Waals surface area (Å²) in [5.74, 6) is 0.199. The number of primary amides is 1. The van der Waals surface area contributed by atoms with Crippen LogP contribution >= 0.6 is 0 Å². The molecule has 0 aromatic carbocycles. The monoisotopic (exact) mass is 360 g/mol. The Morgan fingerprint density at radius 2 is 2.12 bits per heavy atom. The Bertz CT molecular complexity index is 696. The molecule has 8 nitrogen and oxygen atoms in total. The number of amides is 2. The first-order valence-corrected chi connectivity index (χ1v) is 8.68. The van der Waals surface area contributed by atoms with Gasteiger partial charge in [0.1, 0.15) is 5.69 Å². The molecule has 0 atom stereocenters. The number of nitrogens with two attached hydrogens (primary N) is 1. The lowest BCUT2D eigenvalue weighted by Crippen LogP contribution is -2.66. The third-order valence-corrected chi connectivity index (χ3v) is 4.38. The topological polar surface area (TPSA) is 104 Å². The number of guanidine groups is 1. The van der Waals surface area contributed by atoms with Gasteiger partial charge in [-0.2, -0.15) is 0 Å². The molecule has 0 radical (unpaired) electrons. The molecule has 0 spiro atoms. The summed E-state index contributed by atoms with van der Waals surface area (Å²) in [5.41, 5.74) is 6.03. The number of hydrogen-bond donors (Lipinski definition) is 2. The standard InChI is InChI=1S/C18H28N6O2/c1-12(2)24-15(25)10-23(11-18(24,3)4)17(20-5)22-9-13-6-7-14(16(19)26)21-8-13/h6-8,12H,9-11H2,1-5H3,(H2,19,26)(H,20,22). The summed E-state index contributed by atoms with van der Waals surface area (Å²) in [6, 6.07) is 3.54. The van der Waals surface area contributed by atoms with E-state index in [-0.39, 0.29) is 23.2 Å². The molecular weight excluding hydrogens is 332 g/mol.